The van der Waals surface area contributed by atoms with Gasteiger partial charge in [-0.25, -0.2) is 4.79 Å². The Bertz CT molecular complexity index is 511. The highest BCUT2D eigenvalue weighted by Gasteiger charge is 2.17. The molecule has 0 aromatic heterocycles. The lowest BCUT2D eigenvalue weighted by atomic mass is 10.2. The van der Waals surface area contributed by atoms with Crippen LogP contribution in [0.2, 0.25) is 0 Å². The second kappa shape index (κ2) is 6.92. The van der Waals surface area contributed by atoms with E-state index in [9.17, 15) is 14.9 Å². The van der Waals surface area contributed by atoms with Crippen molar-refractivity contribution in [2.75, 3.05) is 11.9 Å². The van der Waals surface area contributed by atoms with E-state index in [1.165, 1.54) is 6.07 Å². The average molecular weight is 295 g/mol. The van der Waals surface area contributed by atoms with Gasteiger partial charge in [-0.3, -0.25) is 10.1 Å². The standard InChI is InChI=1S/C14H21N3O4/c1-10(9-15-13(18)21-14(2,3)4)16-11-7-5-6-8-12(11)17(19)20/h5-8,10,16H,9H2,1-4H3,(H,15,18). The Morgan fingerprint density at radius 3 is 2.57 bits per heavy atom. The molecule has 7 nitrogen and oxygen atoms in total. The van der Waals surface area contributed by atoms with Gasteiger partial charge in [0.2, 0.25) is 0 Å². The fourth-order valence-corrected chi connectivity index (χ4v) is 1.62. The van der Waals surface area contributed by atoms with Crippen LogP contribution in [0.4, 0.5) is 16.2 Å². The molecule has 1 atom stereocenters. The van der Waals surface area contributed by atoms with Crippen LogP contribution in [0.5, 0.6) is 0 Å². The van der Waals surface area contributed by atoms with Gasteiger partial charge in [0, 0.05) is 18.7 Å². The summed E-state index contributed by atoms with van der Waals surface area (Å²) in [5.41, 5.74) is -0.138. The number of nitro groups is 1. The minimum atomic E-state index is -0.557. The van der Waals surface area contributed by atoms with Crippen molar-refractivity contribution in [3.05, 3.63) is 34.4 Å². The van der Waals surface area contributed by atoms with E-state index < -0.39 is 16.6 Å². The number of benzene rings is 1. The molecule has 1 aromatic rings. The number of nitro benzene ring substituents is 1. The first-order valence-corrected chi connectivity index (χ1v) is 6.66. The summed E-state index contributed by atoms with van der Waals surface area (Å²) in [4.78, 5) is 22.0. The number of rotatable bonds is 5. The molecule has 2 N–H and O–H groups in total. The normalized spacial score (nSPS) is 12.4. The Labute approximate surface area is 123 Å². The van der Waals surface area contributed by atoms with E-state index in [1.54, 1.807) is 39.0 Å². The number of nitrogens with one attached hydrogen (secondary N) is 2. The number of amides is 1. The highest BCUT2D eigenvalue weighted by atomic mass is 16.6. The number of hydrogen-bond acceptors (Lipinski definition) is 5. The topological polar surface area (TPSA) is 93.5 Å². The highest BCUT2D eigenvalue weighted by Crippen LogP contribution is 2.23. The van der Waals surface area contributed by atoms with Crippen molar-refractivity contribution in [1.29, 1.82) is 0 Å². The molecule has 1 rings (SSSR count). The molecule has 1 unspecified atom stereocenters. The number of carbonyl (C=O) groups excluding carboxylic acids is 1. The van der Waals surface area contributed by atoms with E-state index in [4.69, 9.17) is 4.74 Å². The fourth-order valence-electron chi connectivity index (χ4n) is 1.62. The van der Waals surface area contributed by atoms with Gasteiger partial charge < -0.3 is 15.4 Å². The highest BCUT2D eigenvalue weighted by molar-refractivity contribution is 5.68. The van der Waals surface area contributed by atoms with Gasteiger partial charge in [-0.2, -0.15) is 0 Å². The monoisotopic (exact) mass is 295 g/mol. The number of para-hydroxylation sites is 2. The Balaban J connectivity index is 2.53. The molecule has 0 radical (unpaired) electrons. The average Bonchev–Trinajstić information content (AvgIpc) is 2.35. The van der Waals surface area contributed by atoms with Crippen molar-refractivity contribution in [3.8, 4) is 0 Å². The third-order valence-corrected chi connectivity index (χ3v) is 2.45. The Hall–Kier alpha value is -2.31. The van der Waals surface area contributed by atoms with E-state index in [0.29, 0.717) is 12.2 Å². The van der Waals surface area contributed by atoms with Gasteiger partial charge in [-0.05, 0) is 33.8 Å². The second-order valence-electron chi connectivity index (χ2n) is 5.70. The predicted molar refractivity (Wildman–Crippen MR) is 80.4 cm³/mol. The number of nitrogens with zero attached hydrogens (tertiary/aromatic N) is 1. The maximum Gasteiger partial charge on any atom is 0.407 e. The van der Waals surface area contributed by atoms with Crippen LogP contribution in [0, 0.1) is 10.1 Å². The molecule has 0 aliphatic carbocycles. The van der Waals surface area contributed by atoms with Crippen molar-refractivity contribution in [3.63, 3.8) is 0 Å². The van der Waals surface area contributed by atoms with E-state index >= 15 is 0 Å². The van der Waals surface area contributed by atoms with E-state index in [-0.39, 0.29) is 11.7 Å². The lowest BCUT2D eigenvalue weighted by Crippen LogP contribution is -2.38. The molecule has 1 aromatic carbocycles. The van der Waals surface area contributed by atoms with Gasteiger partial charge in [0.15, 0.2) is 0 Å². The van der Waals surface area contributed by atoms with E-state index in [2.05, 4.69) is 10.6 Å². The molecule has 1 amide bonds. The number of hydrogen-bond donors (Lipinski definition) is 2. The smallest absolute Gasteiger partial charge is 0.407 e. The summed E-state index contributed by atoms with van der Waals surface area (Å²) in [7, 11) is 0. The first-order chi connectivity index (χ1) is 9.69. The lowest BCUT2D eigenvalue weighted by Gasteiger charge is -2.21. The molecular weight excluding hydrogens is 274 g/mol. The molecule has 0 fully saturated rings. The molecule has 21 heavy (non-hydrogen) atoms. The number of anilines is 1. The van der Waals surface area contributed by atoms with Crippen LogP contribution in [0.15, 0.2) is 24.3 Å². The summed E-state index contributed by atoms with van der Waals surface area (Å²) >= 11 is 0. The van der Waals surface area contributed by atoms with E-state index in [0.717, 1.165) is 0 Å². The summed E-state index contributed by atoms with van der Waals surface area (Å²) in [5.74, 6) is 0. The molecule has 0 spiro atoms. The number of ether oxygens (including phenoxy) is 1. The second-order valence-corrected chi connectivity index (χ2v) is 5.70. The molecule has 0 bridgehead atoms. The van der Waals surface area contributed by atoms with Gasteiger partial charge in [0.05, 0.1) is 4.92 Å². The maximum absolute atomic E-state index is 11.5. The molecule has 0 aliphatic rings. The molecule has 0 saturated carbocycles. The third kappa shape index (κ3) is 6.11. The zero-order chi connectivity index (χ0) is 16.0. The van der Waals surface area contributed by atoms with Crippen LogP contribution in [-0.2, 0) is 4.74 Å². The van der Waals surface area contributed by atoms with Crippen LogP contribution in [-0.4, -0.2) is 29.2 Å². The number of alkyl carbamates (subject to hydrolysis) is 1. The molecule has 0 saturated heterocycles. The van der Waals surface area contributed by atoms with Gasteiger partial charge in [-0.15, -0.1) is 0 Å². The van der Waals surface area contributed by atoms with Gasteiger partial charge in [0.1, 0.15) is 11.3 Å². The SMILES string of the molecule is CC(CNC(=O)OC(C)(C)C)Nc1ccccc1[N+](=O)[O-]. The van der Waals surface area contributed by atoms with Crippen molar-refractivity contribution in [2.45, 2.75) is 39.3 Å². The first-order valence-electron chi connectivity index (χ1n) is 6.66. The van der Waals surface area contributed by atoms with Gasteiger partial charge >= 0.3 is 6.09 Å². The minimum Gasteiger partial charge on any atom is -0.444 e. The summed E-state index contributed by atoms with van der Waals surface area (Å²) in [6.07, 6.45) is -0.515. The van der Waals surface area contributed by atoms with Crippen LogP contribution < -0.4 is 10.6 Å². The molecule has 7 heteroatoms. The van der Waals surface area contributed by atoms with Crippen molar-refractivity contribution in [1.82, 2.24) is 5.32 Å². The maximum atomic E-state index is 11.5. The Kier molecular flexibility index (Phi) is 5.52. The summed E-state index contributed by atoms with van der Waals surface area (Å²) in [6, 6.07) is 6.19. The minimum absolute atomic E-state index is 0.00150. The molecular formula is C14H21N3O4. The number of carbonyl (C=O) groups is 1. The molecule has 0 heterocycles. The van der Waals surface area contributed by atoms with Gasteiger partial charge in [0.25, 0.3) is 5.69 Å². The van der Waals surface area contributed by atoms with Crippen LogP contribution in [0.25, 0.3) is 0 Å². The van der Waals surface area contributed by atoms with Crippen LogP contribution in [0.3, 0.4) is 0 Å². The van der Waals surface area contributed by atoms with Gasteiger partial charge in [-0.1, -0.05) is 12.1 Å². The predicted octanol–water partition coefficient (Wildman–Crippen LogP) is 2.92. The van der Waals surface area contributed by atoms with E-state index in [1.807, 2.05) is 6.92 Å². The zero-order valence-electron chi connectivity index (χ0n) is 12.7. The Morgan fingerprint density at radius 2 is 2.00 bits per heavy atom. The quantitative estimate of drug-likeness (QED) is 0.643. The fraction of sp³-hybridized carbons (Fsp3) is 0.500. The summed E-state index contributed by atoms with van der Waals surface area (Å²) in [5, 5.41) is 16.5. The van der Waals surface area contributed by atoms with Crippen molar-refractivity contribution < 1.29 is 14.5 Å². The first kappa shape index (κ1) is 16.7. The third-order valence-electron chi connectivity index (χ3n) is 2.45. The largest absolute Gasteiger partial charge is 0.444 e. The van der Waals surface area contributed by atoms with Crippen LogP contribution >= 0.6 is 0 Å². The van der Waals surface area contributed by atoms with Crippen molar-refractivity contribution in [2.24, 2.45) is 0 Å². The lowest BCUT2D eigenvalue weighted by molar-refractivity contribution is -0.384. The molecule has 0 aliphatic heterocycles. The summed E-state index contributed by atoms with van der Waals surface area (Å²) < 4.78 is 5.11. The van der Waals surface area contributed by atoms with Crippen molar-refractivity contribution >= 4 is 17.5 Å². The Morgan fingerprint density at radius 1 is 1.38 bits per heavy atom. The summed E-state index contributed by atoms with van der Waals surface area (Å²) in [6.45, 7) is 7.44. The zero-order valence-corrected chi connectivity index (χ0v) is 12.7. The van der Waals surface area contributed by atoms with Crippen LogP contribution in [0.1, 0.15) is 27.7 Å². The molecule has 116 valence electrons.